The van der Waals surface area contributed by atoms with Gasteiger partial charge in [-0.25, -0.2) is 18.2 Å². The molecule has 0 unspecified atom stereocenters. The molecular formula is C26H24N2O6S. The first-order chi connectivity index (χ1) is 16.9. The van der Waals surface area contributed by atoms with Gasteiger partial charge in [0.15, 0.2) is 12.4 Å². The molecule has 0 aliphatic heterocycles. The zero-order valence-corrected chi connectivity index (χ0v) is 20.1. The number of ether oxygens (including phenoxy) is 2. The predicted octanol–water partition coefficient (Wildman–Crippen LogP) is 4.53. The average molecular weight is 493 g/mol. The Balaban J connectivity index is 1.50. The van der Waals surface area contributed by atoms with Crippen LogP contribution in [0.3, 0.4) is 0 Å². The minimum absolute atomic E-state index is 0.0623. The molecule has 4 rings (SSSR count). The van der Waals surface area contributed by atoms with E-state index in [9.17, 15) is 13.2 Å². The molecule has 0 saturated heterocycles. The van der Waals surface area contributed by atoms with Gasteiger partial charge < -0.3 is 13.9 Å². The molecule has 4 aromatic rings. The average Bonchev–Trinajstić information content (AvgIpc) is 3.37. The third kappa shape index (κ3) is 5.59. The van der Waals surface area contributed by atoms with E-state index in [1.54, 1.807) is 6.20 Å². The van der Waals surface area contributed by atoms with Gasteiger partial charge in [0.25, 0.3) is 0 Å². The van der Waals surface area contributed by atoms with Gasteiger partial charge in [-0.3, -0.25) is 0 Å². The number of oxazole rings is 1. The monoisotopic (exact) mass is 492 g/mol. The Kier molecular flexibility index (Phi) is 7.28. The Morgan fingerprint density at radius 2 is 1.69 bits per heavy atom. The van der Waals surface area contributed by atoms with Crippen molar-refractivity contribution in [3.8, 4) is 17.1 Å². The minimum Gasteiger partial charge on any atom is -0.495 e. The zero-order chi connectivity index (χ0) is 24.8. The number of hydrogen-bond acceptors (Lipinski definition) is 7. The third-order valence-electron chi connectivity index (χ3n) is 5.27. The highest BCUT2D eigenvalue weighted by Gasteiger charge is 2.27. The summed E-state index contributed by atoms with van der Waals surface area (Å²) in [5.74, 6) is 0.188. The molecule has 0 saturated carbocycles. The second-order valence-corrected chi connectivity index (χ2v) is 9.69. The summed E-state index contributed by atoms with van der Waals surface area (Å²) < 4.78 is 44.0. The van der Waals surface area contributed by atoms with Crippen LogP contribution in [0.15, 0.2) is 94.4 Å². The maximum atomic E-state index is 13.3. The topological polar surface area (TPSA) is 98.9 Å². The third-order valence-corrected chi connectivity index (χ3v) is 7.10. The molecule has 3 aromatic carbocycles. The van der Waals surface area contributed by atoms with Crippen molar-refractivity contribution in [1.82, 2.24) is 9.29 Å². The molecule has 0 radical (unpaired) electrons. The molecule has 0 bridgehead atoms. The first kappa shape index (κ1) is 24.2. The summed E-state index contributed by atoms with van der Waals surface area (Å²) in [6.07, 6.45) is 1.55. The van der Waals surface area contributed by atoms with Crippen LogP contribution in [0.2, 0.25) is 0 Å². The molecule has 180 valence electrons. The van der Waals surface area contributed by atoms with E-state index < -0.39 is 16.0 Å². The summed E-state index contributed by atoms with van der Waals surface area (Å²) in [7, 11) is -1.12. The summed E-state index contributed by atoms with van der Waals surface area (Å²) in [6, 6.07) is 22.7. The number of hydrogen-bond donors (Lipinski definition) is 0. The van der Waals surface area contributed by atoms with Crippen LogP contribution >= 0.6 is 0 Å². The van der Waals surface area contributed by atoms with Crippen molar-refractivity contribution in [2.24, 2.45) is 0 Å². The van der Waals surface area contributed by atoms with Gasteiger partial charge in [-0.1, -0.05) is 60.7 Å². The Bertz CT molecular complexity index is 1400. The molecule has 0 fully saturated rings. The molecule has 0 aliphatic carbocycles. The smallest absolute Gasteiger partial charge is 0.338 e. The van der Waals surface area contributed by atoms with Crippen molar-refractivity contribution in [3.05, 3.63) is 102 Å². The largest absolute Gasteiger partial charge is 0.495 e. The molecule has 0 spiro atoms. The molecule has 0 N–H and O–H groups in total. The first-order valence-corrected chi connectivity index (χ1v) is 12.2. The maximum Gasteiger partial charge on any atom is 0.338 e. The molecule has 0 atom stereocenters. The van der Waals surface area contributed by atoms with Crippen LogP contribution in [-0.4, -0.2) is 37.8 Å². The maximum absolute atomic E-state index is 13.3. The Morgan fingerprint density at radius 1 is 1.00 bits per heavy atom. The molecule has 9 heteroatoms. The van der Waals surface area contributed by atoms with Crippen LogP contribution in [0.5, 0.6) is 5.75 Å². The van der Waals surface area contributed by atoms with Crippen molar-refractivity contribution in [2.75, 3.05) is 14.2 Å². The number of methoxy groups -OCH3 is 1. The highest BCUT2D eigenvalue weighted by molar-refractivity contribution is 7.89. The highest BCUT2D eigenvalue weighted by atomic mass is 32.2. The zero-order valence-electron chi connectivity index (χ0n) is 19.2. The number of rotatable bonds is 9. The van der Waals surface area contributed by atoms with E-state index >= 15 is 0 Å². The normalized spacial score (nSPS) is 11.4. The van der Waals surface area contributed by atoms with Crippen molar-refractivity contribution in [2.45, 2.75) is 18.0 Å². The number of aromatic nitrogens is 1. The van der Waals surface area contributed by atoms with Crippen LogP contribution in [0.4, 0.5) is 0 Å². The SMILES string of the molecule is COc1ccc(C(=O)OCc2ncc(-c3ccccc3)o2)cc1S(=O)(=O)N(C)Cc1ccccc1. The summed E-state index contributed by atoms with van der Waals surface area (Å²) in [4.78, 5) is 16.7. The van der Waals surface area contributed by atoms with Gasteiger partial charge in [0.05, 0.1) is 18.9 Å². The number of esters is 1. The molecule has 35 heavy (non-hydrogen) atoms. The lowest BCUT2D eigenvalue weighted by Crippen LogP contribution is -2.27. The van der Waals surface area contributed by atoms with E-state index in [1.165, 1.54) is 36.7 Å². The van der Waals surface area contributed by atoms with Crippen molar-refractivity contribution >= 4 is 16.0 Å². The Labute approximate surface area is 203 Å². The lowest BCUT2D eigenvalue weighted by atomic mass is 10.2. The van der Waals surface area contributed by atoms with Crippen LogP contribution in [0.25, 0.3) is 11.3 Å². The van der Waals surface area contributed by atoms with Gasteiger partial charge in [-0.05, 0) is 23.8 Å². The first-order valence-electron chi connectivity index (χ1n) is 10.7. The van der Waals surface area contributed by atoms with Crippen LogP contribution < -0.4 is 4.74 Å². The van der Waals surface area contributed by atoms with Gasteiger partial charge >= 0.3 is 5.97 Å². The fourth-order valence-corrected chi connectivity index (χ4v) is 4.76. The van der Waals surface area contributed by atoms with E-state index in [1.807, 2.05) is 60.7 Å². The molecule has 0 amide bonds. The number of sulfonamides is 1. The van der Waals surface area contributed by atoms with Crippen LogP contribution in [0, 0.1) is 0 Å². The summed E-state index contributed by atoms with van der Waals surface area (Å²) in [5.41, 5.74) is 1.74. The van der Waals surface area contributed by atoms with Crippen LogP contribution in [-0.2, 0) is 27.9 Å². The van der Waals surface area contributed by atoms with Gasteiger partial charge in [0.2, 0.25) is 15.9 Å². The van der Waals surface area contributed by atoms with E-state index in [2.05, 4.69) is 4.98 Å². The quantitative estimate of drug-likeness (QED) is 0.317. The summed E-state index contributed by atoms with van der Waals surface area (Å²) in [6.45, 7) is -0.0391. The number of benzene rings is 3. The van der Waals surface area contributed by atoms with E-state index in [0.29, 0.717) is 5.76 Å². The fourth-order valence-electron chi connectivity index (χ4n) is 3.42. The Morgan fingerprint density at radius 3 is 2.37 bits per heavy atom. The van der Waals surface area contributed by atoms with Gasteiger partial charge in [-0.2, -0.15) is 4.31 Å². The number of carbonyl (C=O) groups is 1. The lowest BCUT2D eigenvalue weighted by Gasteiger charge is -2.19. The van der Waals surface area contributed by atoms with E-state index in [-0.39, 0.29) is 35.3 Å². The second kappa shape index (κ2) is 10.5. The fraction of sp³-hybridized carbons (Fsp3) is 0.154. The van der Waals surface area contributed by atoms with Gasteiger partial charge in [0, 0.05) is 19.2 Å². The van der Waals surface area contributed by atoms with Crippen molar-refractivity contribution in [3.63, 3.8) is 0 Å². The molecular weight excluding hydrogens is 468 g/mol. The predicted molar refractivity (Wildman–Crippen MR) is 129 cm³/mol. The standard InChI is InChI=1S/C26H24N2O6S/c1-28(17-19-9-5-3-6-10-19)35(30,31)24-15-21(13-14-22(24)32-2)26(29)33-18-25-27-16-23(34-25)20-11-7-4-8-12-20/h3-16H,17-18H2,1-2H3. The van der Waals surface area contributed by atoms with Gasteiger partial charge in [0.1, 0.15) is 10.6 Å². The molecule has 1 aromatic heterocycles. The van der Waals surface area contributed by atoms with E-state index in [4.69, 9.17) is 13.9 Å². The van der Waals surface area contributed by atoms with Crippen molar-refractivity contribution in [1.29, 1.82) is 0 Å². The molecule has 0 aliphatic rings. The minimum atomic E-state index is -3.96. The van der Waals surface area contributed by atoms with E-state index in [0.717, 1.165) is 11.1 Å². The van der Waals surface area contributed by atoms with Crippen molar-refractivity contribution < 1.29 is 27.1 Å². The van der Waals surface area contributed by atoms with Crippen LogP contribution in [0.1, 0.15) is 21.8 Å². The Hall–Kier alpha value is -3.95. The highest BCUT2D eigenvalue weighted by Crippen LogP contribution is 2.29. The van der Waals surface area contributed by atoms with Gasteiger partial charge in [-0.15, -0.1) is 0 Å². The second-order valence-electron chi connectivity index (χ2n) is 7.67. The summed E-state index contributed by atoms with van der Waals surface area (Å²) >= 11 is 0. The molecule has 8 nitrogen and oxygen atoms in total. The lowest BCUT2D eigenvalue weighted by molar-refractivity contribution is 0.0438. The number of nitrogens with zero attached hydrogens (tertiary/aromatic N) is 2. The summed E-state index contributed by atoms with van der Waals surface area (Å²) in [5, 5.41) is 0. The molecule has 1 heterocycles. The number of carbonyl (C=O) groups excluding carboxylic acids is 1.